The lowest BCUT2D eigenvalue weighted by Crippen LogP contribution is -2.41. The van der Waals surface area contributed by atoms with Crippen molar-refractivity contribution in [1.29, 1.82) is 0 Å². The highest BCUT2D eigenvalue weighted by Crippen LogP contribution is 2.30. The van der Waals surface area contributed by atoms with E-state index in [2.05, 4.69) is 43.0 Å². The number of amides is 1. The molecule has 0 unspecified atom stereocenters. The molecule has 1 aromatic carbocycles. The van der Waals surface area contributed by atoms with Gasteiger partial charge in [-0.2, -0.15) is 5.10 Å². The SMILES string of the molecule is Cc1cc2occ(CC(=O)N3CCC[C@H](n4cncn4)C3)c2cc1C(C)C. The second-order valence-corrected chi connectivity index (χ2v) is 7.81. The van der Waals surface area contributed by atoms with Crippen LogP contribution in [0.3, 0.4) is 0 Å². The van der Waals surface area contributed by atoms with Crippen LogP contribution in [0.25, 0.3) is 11.0 Å². The minimum atomic E-state index is 0.147. The number of benzene rings is 1. The van der Waals surface area contributed by atoms with Crippen LogP contribution in [0.4, 0.5) is 0 Å². The first-order valence-corrected chi connectivity index (χ1v) is 9.65. The van der Waals surface area contributed by atoms with E-state index in [1.54, 1.807) is 18.9 Å². The predicted molar refractivity (Wildman–Crippen MR) is 104 cm³/mol. The number of hydrogen-bond donors (Lipinski definition) is 0. The molecule has 142 valence electrons. The summed E-state index contributed by atoms with van der Waals surface area (Å²) in [5.41, 5.74) is 4.37. The first-order chi connectivity index (χ1) is 13.0. The molecule has 1 saturated heterocycles. The second-order valence-electron chi connectivity index (χ2n) is 7.81. The van der Waals surface area contributed by atoms with E-state index in [9.17, 15) is 4.79 Å². The molecule has 27 heavy (non-hydrogen) atoms. The Balaban J connectivity index is 1.53. The Kier molecular flexibility index (Phi) is 4.72. The highest BCUT2D eigenvalue weighted by atomic mass is 16.3. The molecule has 4 rings (SSSR count). The van der Waals surface area contributed by atoms with Gasteiger partial charge in [0.2, 0.25) is 5.91 Å². The van der Waals surface area contributed by atoms with Gasteiger partial charge < -0.3 is 9.32 Å². The van der Waals surface area contributed by atoms with Crippen LogP contribution in [-0.4, -0.2) is 38.7 Å². The zero-order valence-corrected chi connectivity index (χ0v) is 16.2. The van der Waals surface area contributed by atoms with Gasteiger partial charge >= 0.3 is 0 Å². The van der Waals surface area contributed by atoms with E-state index in [0.717, 1.165) is 35.9 Å². The van der Waals surface area contributed by atoms with Crippen LogP contribution in [0, 0.1) is 6.92 Å². The van der Waals surface area contributed by atoms with Crippen LogP contribution < -0.4 is 0 Å². The summed E-state index contributed by atoms with van der Waals surface area (Å²) >= 11 is 0. The summed E-state index contributed by atoms with van der Waals surface area (Å²) in [6, 6.07) is 4.48. The molecule has 1 aliphatic heterocycles. The lowest BCUT2D eigenvalue weighted by atomic mass is 9.95. The quantitative estimate of drug-likeness (QED) is 0.703. The summed E-state index contributed by atoms with van der Waals surface area (Å²) in [4.78, 5) is 18.9. The zero-order valence-electron chi connectivity index (χ0n) is 16.2. The lowest BCUT2D eigenvalue weighted by molar-refractivity contribution is -0.132. The number of rotatable bonds is 4. The Morgan fingerprint density at radius 1 is 1.37 bits per heavy atom. The maximum atomic E-state index is 12.9. The molecule has 6 heteroatoms. The molecule has 1 aliphatic rings. The third-order valence-corrected chi connectivity index (χ3v) is 5.57. The van der Waals surface area contributed by atoms with E-state index < -0.39 is 0 Å². The van der Waals surface area contributed by atoms with Crippen molar-refractivity contribution in [2.24, 2.45) is 0 Å². The van der Waals surface area contributed by atoms with Crippen molar-refractivity contribution >= 4 is 16.9 Å². The van der Waals surface area contributed by atoms with Gasteiger partial charge in [-0.3, -0.25) is 4.79 Å². The number of carbonyl (C=O) groups is 1. The molecule has 0 spiro atoms. The van der Waals surface area contributed by atoms with Crippen molar-refractivity contribution in [1.82, 2.24) is 19.7 Å². The average Bonchev–Trinajstić information content (AvgIpc) is 3.31. The van der Waals surface area contributed by atoms with E-state index in [4.69, 9.17) is 4.42 Å². The van der Waals surface area contributed by atoms with E-state index in [-0.39, 0.29) is 11.9 Å². The highest BCUT2D eigenvalue weighted by Gasteiger charge is 2.26. The van der Waals surface area contributed by atoms with Gasteiger partial charge in [-0.1, -0.05) is 13.8 Å². The number of likely N-dealkylation sites (tertiary alicyclic amines) is 1. The number of aryl methyl sites for hydroxylation is 1. The third-order valence-electron chi connectivity index (χ3n) is 5.57. The summed E-state index contributed by atoms with van der Waals surface area (Å²) < 4.78 is 7.61. The molecule has 0 N–H and O–H groups in total. The van der Waals surface area contributed by atoms with Crippen molar-refractivity contribution in [2.75, 3.05) is 13.1 Å². The van der Waals surface area contributed by atoms with Gasteiger partial charge in [-0.15, -0.1) is 0 Å². The Bertz CT molecular complexity index is 943. The van der Waals surface area contributed by atoms with E-state index >= 15 is 0 Å². The van der Waals surface area contributed by atoms with Gasteiger partial charge in [0, 0.05) is 24.0 Å². The Morgan fingerprint density at radius 2 is 2.22 bits per heavy atom. The van der Waals surface area contributed by atoms with Crippen LogP contribution in [-0.2, 0) is 11.2 Å². The molecular formula is C21H26N4O2. The fourth-order valence-corrected chi connectivity index (χ4v) is 4.08. The zero-order chi connectivity index (χ0) is 19.0. The smallest absolute Gasteiger partial charge is 0.227 e. The first kappa shape index (κ1) is 17.8. The van der Waals surface area contributed by atoms with Crippen molar-refractivity contribution in [3.05, 3.63) is 47.7 Å². The number of carbonyl (C=O) groups excluding carboxylic acids is 1. The Labute approximate surface area is 159 Å². The van der Waals surface area contributed by atoms with Gasteiger partial charge in [-0.25, -0.2) is 9.67 Å². The first-order valence-electron chi connectivity index (χ1n) is 9.65. The monoisotopic (exact) mass is 366 g/mol. The Hall–Kier alpha value is -2.63. The number of furan rings is 1. The standard InChI is InChI=1S/C21H26N4O2/c1-14(2)18-9-19-16(11-27-20(19)7-15(18)3)8-21(26)24-6-4-5-17(10-24)25-13-22-12-23-25/h7,9,11-14,17H,4-6,8,10H2,1-3H3/t17-/m0/s1. The fourth-order valence-electron chi connectivity index (χ4n) is 4.08. The normalized spacial score (nSPS) is 17.8. The topological polar surface area (TPSA) is 64.2 Å². The Morgan fingerprint density at radius 3 is 2.96 bits per heavy atom. The van der Waals surface area contributed by atoms with Crippen molar-refractivity contribution in [3.63, 3.8) is 0 Å². The molecule has 2 aromatic heterocycles. The molecule has 0 aliphatic carbocycles. The third kappa shape index (κ3) is 3.48. The molecular weight excluding hydrogens is 340 g/mol. The molecule has 0 radical (unpaired) electrons. The summed E-state index contributed by atoms with van der Waals surface area (Å²) in [7, 11) is 0. The van der Waals surface area contributed by atoms with Crippen LogP contribution in [0.5, 0.6) is 0 Å². The lowest BCUT2D eigenvalue weighted by Gasteiger charge is -2.32. The minimum Gasteiger partial charge on any atom is -0.464 e. The largest absolute Gasteiger partial charge is 0.464 e. The molecule has 3 aromatic rings. The summed E-state index contributed by atoms with van der Waals surface area (Å²) in [5.74, 6) is 0.590. The van der Waals surface area contributed by atoms with Crippen LogP contribution >= 0.6 is 0 Å². The summed E-state index contributed by atoms with van der Waals surface area (Å²) in [5, 5.41) is 5.30. The average molecular weight is 366 g/mol. The maximum absolute atomic E-state index is 12.9. The molecule has 0 bridgehead atoms. The molecule has 1 fully saturated rings. The van der Waals surface area contributed by atoms with Crippen LogP contribution in [0.1, 0.15) is 55.3 Å². The molecule has 1 amide bonds. The van der Waals surface area contributed by atoms with Crippen molar-refractivity contribution < 1.29 is 9.21 Å². The number of aromatic nitrogens is 3. The number of hydrogen-bond acceptors (Lipinski definition) is 4. The second kappa shape index (κ2) is 7.18. The fraction of sp³-hybridized carbons (Fsp3) is 0.476. The van der Waals surface area contributed by atoms with Gasteiger partial charge in [-0.05, 0) is 48.9 Å². The number of nitrogens with zero attached hydrogens (tertiary/aromatic N) is 4. The van der Waals surface area contributed by atoms with Crippen molar-refractivity contribution in [3.8, 4) is 0 Å². The van der Waals surface area contributed by atoms with E-state index in [1.165, 1.54) is 11.1 Å². The van der Waals surface area contributed by atoms with E-state index in [1.807, 2.05) is 9.58 Å². The summed E-state index contributed by atoms with van der Waals surface area (Å²) in [6.45, 7) is 7.98. The minimum absolute atomic E-state index is 0.147. The molecule has 1 atom stereocenters. The van der Waals surface area contributed by atoms with Crippen LogP contribution in [0.15, 0.2) is 35.5 Å². The predicted octanol–water partition coefficient (Wildman–Crippen LogP) is 3.86. The van der Waals surface area contributed by atoms with Gasteiger partial charge in [0.1, 0.15) is 18.2 Å². The molecule has 3 heterocycles. The van der Waals surface area contributed by atoms with Crippen molar-refractivity contribution in [2.45, 2.75) is 52.0 Å². The molecule has 0 saturated carbocycles. The maximum Gasteiger partial charge on any atom is 0.227 e. The van der Waals surface area contributed by atoms with Crippen LogP contribution in [0.2, 0.25) is 0 Å². The number of fused-ring (bicyclic) bond motifs is 1. The van der Waals surface area contributed by atoms with Gasteiger partial charge in [0.25, 0.3) is 0 Å². The highest BCUT2D eigenvalue weighted by molar-refractivity contribution is 5.88. The van der Waals surface area contributed by atoms with Gasteiger partial charge in [0.15, 0.2) is 0 Å². The summed E-state index contributed by atoms with van der Waals surface area (Å²) in [6.07, 6.45) is 7.41. The molecule has 6 nitrogen and oxygen atoms in total. The van der Waals surface area contributed by atoms with E-state index in [0.29, 0.717) is 18.9 Å². The number of piperidine rings is 1. The van der Waals surface area contributed by atoms with Gasteiger partial charge in [0.05, 0.1) is 18.7 Å².